The van der Waals surface area contributed by atoms with E-state index in [-0.39, 0.29) is 10.8 Å². The largest absolute Gasteiger partial charge is 0.506 e. The number of pyridine rings is 2. The molecule has 0 radical (unpaired) electrons. The maximum absolute atomic E-state index is 13.8. The lowest BCUT2D eigenvalue weighted by Gasteiger charge is -2.19. The average Bonchev–Trinajstić information content (AvgIpc) is 3.10. The summed E-state index contributed by atoms with van der Waals surface area (Å²) in [6.07, 6.45) is 5.16. The van der Waals surface area contributed by atoms with Gasteiger partial charge in [-0.3, -0.25) is 4.98 Å². The van der Waals surface area contributed by atoms with E-state index in [4.69, 9.17) is 16.6 Å². The summed E-state index contributed by atoms with van der Waals surface area (Å²) in [5.74, 6) is 0.266. The van der Waals surface area contributed by atoms with Crippen LogP contribution in [0.5, 0.6) is 5.75 Å². The van der Waals surface area contributed by atoms with E-state index in [1.165, 1.54) is 18.6 Å². The van der Waals surface area contributed by atoms with Crippen LogP contribution in [0.4, 0.5) is 15.9 Å². The number of hydrogen-bond donors (Lipinski definition) is 1. The molecule has 0 bridgehead atoms. The maximum atomic E-state index is 13.8. The summed E-state index contributed by atoms with van der Waals surface area (Å²) in [6, 6.07) is 8.36. The molecule has 0 unspecified atom stereocenters. The zero-order valence-electron chi connectivity index (χ0n) is 14.5. The number of benzene rings is 1. The van der Waals surface area contributed by atoms with Gasteiger partial charge in [-0.2, -0.15) is 0 Å². The van der Waals surface area contributed by atoms with Gasteiger partial charge >= 0.3 is 0 Å². The van der Waals surface area contributed by atoms with Gasteiger partial charge in [-0.25, -0.2) is 19.3 Å². The van der Waals surface area contributed by atoms with Gasteiger partial charge in [-0.05, 0) is 42.3 Å². The van der Waals surface area contributed by atoms with Gasteiger partial charge in [0, 0.05) is 24.0 Å². The Hall–Kier alpha value is -3.32. The number of hydrogen-bond acceptors (Lipinski definition) is 6. The molecule has 5 rings (SSSR count). The molecule has 0 atom stereocenters. The van der Waals surface area contributed by atoms with Gasteiger partial charge in [-0.15, -0.1) is 0 Å². The maximum Gasteiger partial charge on any atom is 0.163 e. The first-order valence-electron chi connectivity index (χ1n) is 8.62. The van der Waals surface area contributed by atoms with Crippen molar-refractivity contribution in [2.24, 2.45) is 0 Å². The first kappa shape index (κ1) is 16.8. The highest BCUT2D eigenvalue weighted by molar-refractivity contribution is 6.31. The fourth-order valence-corrected chi connectivity index (χ4v) is 3.61. The summed E-state index contributed by atoms with van der Waals surface area (Å²) in [4.78, 5) is 19.4. The van der Waals surface area contributed by atoms with Crippen molar-refractivity contribution in [3.8, 4) is 17.0 Å². The summed E-state index contributed by atoms with van der Waals surface area (Å²) in [5.41, 5.74) is 4.31. The number of nitrogens with zero attached hydrogens (tertiary/aromatic N) is 5. The van der Waals surface area contributed by atoms with E-state index < -0.39 is 5.82 Å². The van der Waals surface area contributed by atoms with Crippen molar-refractivity contribution in [2.45, 2.75) is 6.42 Å². The van der Waals surface area contributed by atoms with Crippen molar-refractivity contribution in [3.05, 3.63) is 65.5 Å². The normalized spacial score (nSPS) is 13.1. The van der Waals surface area contributed by atoms with Crippen LogP contribution in [0.3, 0.4) is 0 Å². The van der Waals surface area contributed by atoms with E-state index in [0.717, 1.165) is 11.3 Å². The second-order valence-electron chi connectivity index (χ2n) is 6.49. The topological polar surface area (TPSA) is 75.0 Å². The number of aromatic nitrogens is 4. The molecule has 1 N–H and O–H groups in total. The molecule has 3 aromatic heterocycles. The highest BCUT2D eigenvalue weighted by atomic mass is 35.5. The molecule has 138 valence electrons. The summed E-state index contributed by atoms with van der Waals surface area (Å²) in [6.45, 7) is 0.640. The van der Waals surface area contributed by atoms with Gasteiger partial charge < -0.3 is 10.0 Å². The third kappa shape index (κ3) is 2.71. The molecule has 4 heterocycles. The minimum absolute atomic E-state index is 0.0640. The van der Waals surface area contributed by atoms with Crippen LogP contribution in [0.25, 0.3) is 22.3 Å². The molecule has 0 amide bonds. The number of fused-ring (bicyclic) bond motifs is 2. The minimum atomic E-state index is -0.424. The molecule has 28 heavy (non-hydrogen) atoms. The molecule has 1 aliphatic rings. The van der Waals surface area contributed by atoms with Gasteiger partial charge in [0.2, 0.25) is 0 Å². The van der Waals surface area contributed by atoms with Gasteiger partial charge in [0.25, 0.3) is 0 Å². The van der Waals surface area contributed by atoms with Gasteiger partial charge in [0.1, 0.15) is 23.4 Å². The summed E-state index contributed by atoms with van der Waals surface area (Å²) in [5, 5.41) is 9.78. The third-order valence-corrected chi connectivity index (χ3v) is 5.04. The summed E-state index contributed by atoms with van der Waals surface area (Å²) >= 11 is 6.00. The standard InChI is InChI=1S/C20H13ClFN5O/c21-14-7-18-11(6-15(14)22)3-4-27(18)20-19-17(24-10-25-20)2-1-16(26-19)12-5-13(28)9-23-8-12/h1-2,5-10,28H,3-4H2. The zero-order chi connectivity index (χ0) is 19.3. The minimum Gasteiger partial charge on any atom is -0.506 e. The van der Waals surface area contributed by atoms with E-state index in [1.54, 1.807) is 18.3 Å². The number of aromatic hydroxyl groups is 1. The predicted molar refractivity (Wildman–Crippen MR) is 104 cm³/mol. The van der Waals surface area contributed by atoms with Crippen molar-refractivity contribution in [2.75, 3.05) is 11.4 Å². The second-order valence-corrected chi connectivity index (χ2v) is 6.90. The molecule has 0 fully saturated rings. The highest BCUT2D eigenvalue weighted by Crippen LogP contribution is 2.38. The molecule has 1 aliphatic heterocycles. The van der Waals surface area contributed by atoms with Gasteiger partial charge in [0.15, 0.2) is 5.82 Å². The van der Waals surface area contributed by atoms with Crippen molar-refractivity contribution in [1.29, 1.82) is 0 Å². The highest BCUT2D eigenvalue weighted by Gasteiger charge is 2.25. The van der Waals surface area contributed by atoms with Crippen molar-refractivity contribution >= 4 is 34.1 Å². The van der Waals surface area contributed by atoms with Crippen LogP contribution in [0.15, 0.2) is 49.1 Å². The quantitative estimate of drug-likeness (QED) is 0.548. The average molecular weight is 394 g/mol. The third-order valence-electron chi connectivity index (χ3n) is 4.75. The lowest BCUT2D eigenvalue weighted by Crippen LogP contribution is -2.16. The first-order chi connectivity index (χ1) is 13.6. The van der Waals surface area contributed by atoms with Crippen LogP contribution >= 0.6 is 11.6 Å². The first-order valence-corrected chi connectivity index (χ1v) is 8.99. The number of halogens is 2. The molecule has 6 nitrogen and oxygen atoms in total. The Morgan fingerprint density at radius 1 is 1.11 bits per heavy atom. The van der Waals surface area contributed by atoms with Crippen LogP contribution < -0.4 is 4.90 Å². The van der Waals surface area contributed by atoms with E-state index in [1.807, 2.05) is 17.0 Å². The van der Waals surface area contributed by atoms with E-state index in [0.29, 0.717) is 41.1 Å². The number of anilines is 2. The molecule has 0 spiro atoms. The molecule has 4 aromatic rings. The predicted octanol–water partition coefficient (Wildman–Crippen LogP) is 4.28. The Labute approximate surface area is 164 Å². The Kier molecular flexibility index (Phi) is 3.84. The molecule has 0 saturated carbocycles. The molecular formula is C20H13ClFN5O. The summed E-state index contributed by atoms with van der Waals surface area (Å²) in [7, 11) is 0. The Morgan fingerprint density at radius 3 is 2.86 bits per heavy atom. The molecule has 0 saturated heterocycles. The molecular weight excluding hydrogens is 381 g/mol. The fourth-order valence-electron chi connectivity index (χ4n) is 3.46. The number of rotatable bonds is 2. The second kappa shape index (κ2) is 6.38. The Balaban J connectivity index is 1.67. The van der Waals surface area contributed by atoms with Crippen molar-refractivity contribution in [1.82, 2.24) is 19.9 Å². The van der Waals surface area contributed by atoms with E-state index in [2.05, 4.69) is 15.0 Å². The zero-order valence-corrected chi connectivity index (χ0v) is 15.2. The van der Waals surface area contributed by atoms with Crippen LogP contribution in [0.2, 0.25) is 5.02 Å². The van der Waals surface area contributed by atoms with Crippen molar-refractivity contribution < 1.29 is 9.50 Å². The van der Waals surface area contributed by atoms with E-state index >= 15 is 0 Å². The molecule has 8 heteroatoms. The lowest BCUT2D eigenvalue weighted by atomic mass is 10.1. The van der Waals surface area contributed by atoms with Crippen LogP contribution in [-0.2, 0) is 6.42 Å². The lowest BCUT2D eigenvalue weighted by molar-refractivity contribution is 0.473. The Morgan fingerprint density at radius 2 is 2.00 bits per heavy atom. The molecule has 1 aromatic carbocycles. The summed E-state index contributed by atoms with van der Waals surface area (Å²) < 4.78 is 13.8. The van der Waals surface area contributed by atoms with Crippen LogP contribution in [0.1, 0.15) is 5.56 Å². The Bertz CT molecular complexity index is 1230. The monoisotopic (exact) mass is 393 g/mol. The molecule has 0 aliphatic carbocycles. The van der Waals surface area contributed by atoms with Gasteiger partial charge in [0.05, 0.1) is 22.4 Å². The van der Waals surface area contributed by atoms with E-state index in [9.17, 15) is 9.50 Å². The smallest absolute Gasteiger partial charge is 0.163 e. The van der Waals surface area contributed by atoms with Crippen LogP contribution in [0, 0.1) is 5.82 Å². The van der Waals surface area contributed by atoms with Crippen molar-refractivity contribution in [3.63, 3.8) is 0 Å². The fraction of sp³-hybridized carbons (Fsp3) is 0.100. The van der Waals surface area contributed by atoms with Crippen LogP contribution in [-0.4, -0.2) is 31.6 Å². The van der Waals surface area contributed by atoms with Gasteiger partial charge in [-0.1, -0.05) is 11.6 Å². The SMILES string of the molecule is Oc1cncc(-c2ccc3ncnc(N4CCc5cc(F)c(Cl)cc54)c3n2)c1.